The van der Waals surface area contributed by atoms with E-state index < -0.39 is 0 Å². The van der Waals surface area contributed by atoms with Crippen molar-refractivity contribution in [2.24, 2.45) is 0 Å². The van der Waals surface area contributed by atoms with Gasteiger partial charge in [0, 0.05) is 6.04 Å². The van der Waals surface area contributed by atoms with Crippen LogP contribution < -0.4 is 0 Å². The normalized spacial score (nSPS) is 28.7. The Labute approximate surface area is 78.5 Å². The monoisotopic (exact) mass is 187 g/mol. The number of ether oxygens (including phenoxy) is 1. The molecule has 1 aliphatic rings. The Balaban J connectivity index is 2.50. The predicted octanol–water partition coefficient (Wildman–Crippen LogP) is 0.988. The third-order valence-electron chi connectivity index (χ3n) is 2.36. The highest BCUT2D eigenvalue weighted by atomic mass is 16.6. The van der Waals surface area contributed by atoms with Gasteiger partial charge in [-0.05, 0) is 26.7 Å². The average Bonchev–Trinajstić information content (AvgIpc) is 2.09. The van der Waals surface area contributed by atoms with E-state index in [0.717, 1.165) is 12.8 Å². The van der Waals surface area contributed by atoms with Crippen LogP contribution in [-0.4, -0.2) is 41.4 Å². The summed E-state index contributed by atoms with van der Waals surface area (Å²) in [6, 6.07) is 0.183. The van der Waals surface area contributed by atoms with Crippen LogP contribution in [-0.2, 0) is 4.74 Å². The molecule has 13 heavy (non-hydrogen) atoms. The van der Waals surface area contributed by atoms with E-state index in [0.29, 0.717) is 13.2 Å². The molecule has 1 amide bonds. The van der Waals surface area contributed by atoms with Gasteiger partial charge < -0.3 is 14.7 Å². The summed E-state index contributed by atoms with van der Waals surface area (Å²) in [4.78, 5) is 12.9. The van der Waals surface area contributed by atoms with Crippen molar-refractivity contribution in [1.29, 1.82) is 0 Å². The number of carbonyl (C=O) groups is 1. The smallest absolute Gasteiger partial charge is 0.410 e. The number of nitrogens with zero attached hydrogens (tertiary/aromatic N) is 1. The van der Waals surface area contributed by atoms with Gasteiger partial charge in [0.15, 0.2) is 0 Å². The molecular weight excluding hydrogens is 170 g/mol. The molecule has 2 atom stereocenters. The van der Waals surface area contributed by atoms with Crippen molar-refractivity contribution < 1.29 is 14.6 Å². The first kappa shape index (κ1) is 10.3. The minimum absolute atomic E-state index is 0.183. The maximum Gasteiger partial charge on any atom is 0.410 e. The number of aliphatic hydroxyl groups is 1. The van der Waals surface area contributed by atoms with Crippen LogP contribution in [0.4, 0.5) is 4.79 Å². The van der Waals surface area contributed by atoms with Crippen LogP contribution in [0.15, 0.2) is 0 Å². The van der Waals surface area contributed by atoms with Crippen molar-refractivity contribution >= 4 is 6.09 Å². The molecule has 0 aromatic rings. The Bertz CT molecular complexity index is 184. The molecule has 0 aliphatic carbocycles. The van der Waals surface area contributed by atoms with Crippen LogP contribution in [0, 0.1) is 0 Å². The lowest BCUT2D eigenvalue weighted by Gasteiger charge is -2.34. The minimum atomic E-state index is -0.388. The highest BCUT2D eigenvalue weighted by Gasteiger charge is 2.28. The molecular formula is C9H17NO3. The fourth-order valence-electron chi connectivity index (χ4n) is 1.55. The molecule has 1 N–H and O–H groups in total. The van der Waals surface area contributed by atoms with E-state index in [1.807, 2.05) is 6.92 Å². The minimum Gasteiger partial charge on any atom is -0.450 e. The molecule has 0 unspecified atom stereocenters. The first-order valence-electron chi connectivity index (χ1n) is 4.76. The third-order valence-corrected chi connectivity index (χ3v) is 2.36. The summed E-state index contributed by atoms with van der Waals surface area (Å²) in [5.74, 6) is 0. The summed E-state index contributed by atoms with van der Waals surface area (Å²) in [5.41, 5.74) is 0. The second kappa shape index (κ2) is 4.46. The first-order valence-corrected chi connectivity index (χ1v) is 4.76. The van der Waals surface area contributed by atoms with Crippen molar-refractivity contribution in [3.8, 4) is 0 Å². The Hall–Kier alpha value is -0.770. The Morgan fingerprint density at radius 3 is 2.92 bits per heavy atom. The second-order valence-corrected chi connectivity index (χ2v) is 3.43. The number of amides is 1. The van der Waals surface area contributed by atoms with Crippen molar-refractivity contribution in [2.45, 2.75) is 38.8 Å². The number of hydrogen-bond donors (Lipinski definition) is 1. The summed E-state index contributed by atoms with van der Waals surface area (Å²) in [7, 11) is 0. The lowest BCUT2D eigenvalue weighted by Crippen LogP contribution is -2.47. The summed E-state index contributed by atoms with van der Waals surface area (Å²) in [5, 5.41) is 9.37. The van der Waals surface area contributed by atoms with Crippen LogP contribution in [0.25, 0.3) is 0 Å². The molecule has 0 spiro atoms. The standard InChI is InChI=1S/C9H17NO3/c1-3-13-9(12)10-6-8(11)5-4-7(10)2/h7-8,11H,3-6H2,1-2H3/t7-,8-/m0/s1. The molecule has 76 valence electrons. The predicted molar refractivity (Wildman–Crippen MR) is 48.4 cm³/mol. The van der Waals surface area contributed by atoms with Crippen LogP contribution in [0.2, 0.25) is 0 Å². The van der Waals surface area contributed by atoms with E-state index in [2.05, 4.69) is 0 Å². The largest absolute Gasteiger partial charge is 0.450 e. The number of carbonyl (C=O) groups excluding carboxylic acids is 1. The highest BCUT2D eigenvalue weighted by molar-refractivity contribution is 5.68. The van der Waals surface area contributed by atoms with E-state index in [-0.39, 0.29) is 18.2 Å². The van der Waals surface area contributed by atoms with Gasteiger partial charge in [-0.2, -0.15) is 0 Å². The van der Waals surface area contributed by atoms with Crippen molar-refractivity contribution in [1.82, 2.24) is 4.90 Å². The van der Waals surface area contributed by atoms with E-state index in [1.165, 1.54) is 0 Å². The molecule has 0 aromatic heterocycles. The van der Waals surface area contributed by atoms with Crippen LogP contribution in [0.3, 0.4) is 0 Å². The molecule has 1 rings (SSSR count). The lowest BCUT2D eigenvalue weighted by atomic mass is 10.0. The Kier molecular flexibility index (Phi) is 3.54. The zero-order valence-electron chi connectivity index (χ0n) is 8.19. The Morgan fingerprint density at radius 1 is 1.62 bits per heavy atom. The fourth-order valence-corrected chi connectivity index (χ4v) is 1.55. The van der Waals surface area contributed by atoms with Crippen LogP contribution in [0.5, 0.6) is 0 Å². The summed E-state index contributed by atoms with van der Waals surface area (Å²) >= 11 is 0. The number of aliphatic hydroxyl groups excluding tert-OH is 1. The summed E-state index contributed by atoms with van der Waals surface area (Å²) in [6.07, 6.45) is 0.922. The summed E-state index contributed by atoms with van der Waals surface area (Å²) < 4.78 is 4.88. The molecule has 4 heteroatoms. The zero-order valence-corrected chi connectivity index (χ0v) is 8.19. The number of rotatable bonds is 1. The third kappa shape index (κ3) is 2.59. The second-order valence-electron chi connectivity index (χ2n) is 3.43. The van der Waals surface area contributed by atoms with Gasteiger partial charge in [0.1, 0.15) is 0 Å². The van der Waals surface area contributed by atoms with Crippen LogP contribution in [0.1, 0.15) is 26.7 Å². The van der Waals surface area contributed by atoms with Gasteiger partial charge in [-0.25, -0.2) is 4.79 Å². The van der Waals surface area contributed by atoms with Gasteiger partial charge in [0.05, 0.1) is 19.3 Å². The van der Waals surface area contributed by atoms with Crippen molar-refractivity contribution in [2.75, 3.05) is 13.2 Å². The number of piperidine rings is 1. The molecule has 0 aromatic carbocycles. The highest BCUT2D eigenvalue weighted by Crippen LogP contribution is 2.17. The SMILES string of the molecule is CCOC(=O)N1C[C@@H](O)CC[C@@H]1C. The first-order chi connectivity index (χ1) is 6.15. The number of β-amino-alcohol motifs (C(OH)–C–C–N with tert-alkyl or cyclic N) is 1. The lowest BCUT2D eigenvalue weighted by molar-refractivity contribution is 0.0292. The summed E-state index contributed by atoms with van der Waals surface area (Å²) in [6.45, 7) is 4.55. The van der Waals surface area contributed by atoms with Gasteiger partial charge in [-0.15, -0.1) is 0 Å². The van der Waals surface area contributed by atoms with E-state index in [1.54, 1.807) is 11.8 Å². The molecule has 0 radical (unpaired) electrons. The van der Waals surface area contributed by atoms with Crippen molar-refractivity contribution in [3.05, 3.63) is 0 Å². The van der Waals surface area contributed by atoms with Gasteiger partial charge >= 0.3 is 6.09 Å². The number of likely N-dealkylation sites (tertiary alicyclic amines) is 1. The molecule has 0 saturated carbocycles. The number of hydrogen-bond acceptors (Lipinski definition) is 3. The van der Waals surface area contributed by atoms with E-state index >= 15 is 0 Å². The molecule has 1 heterocycles. The van der Waals surface area contributed by atoms with E-state index in [9.17, 15) is 9.90 Å². The topological polar surface area (TPSA) is 49.8 Å². The zero-order chi connectivity index (χ0) is 9.84. The van der Waals surface area contributed by atoms with Gasteiger partial charge in [-0.3, -0.25) is 0 Å². The Morgan fingerprint density at radius 2 is 2.31 bits per heavy atom. The van der Waals surface area contributed by atoms with Crippen molar-refractivity contribution in [3.63, 3.8) is 0 Å². The maximum atomic E-state index is 11.3. The quantitative estimate of drug-likeness (QED) is 0.666. The maximum absolute atomic E-state index is 11.3. The van der Waals surface area contributed by atoms with Crippen LogP contribution >= 0.6 is 0 Å². The molecule has 4 nitrogen and oxygen atoms in total. The van der Waals surface area contributed by atoms with Gasteiger partial charge in [0.25, 0.3) is 0 Å². The van der Waals surface area contributed by atoms with Gasteiger partial charge in [-0.1, -0.05) is 0 Å². The molecule has 0 bridgehead atoms. The molecule has 1 saturated heterocycles. The van der Waals surface area contributed by atoms with Gasteiger partial charge in [0.2, 0.25) is 0 Å². The average molecular weight is 187 g/mol. The fraction of sp³-hybridized carbons (Fsp3) is 0.889. The van der Waals surface area contributed by atoms with E-state index in [4.69, 9.17) is 4.74 Å². The molecule has 1 fully saturated rings. The molecule has 1 aliphatic heterocycles.